The van der Waals surface area contributed by atoms with Crippen LogP contribution < -0.4 is 16.2 Å². The number of aromatic nitrogens is 2. The molecule has 0 saturated heterocycles. The van der Waals surface area contributed by atoms with Gasteiger partial charge in [0.15, 0.2) is 5.16 Å². The number of H-pyrrole nitrogens is 1. The van der Waals surface area contributed by atoms with Gasteiger partial charge in [-0.25, -0.2) is 4.98 Å². The van der Waals surface area contributed by atoms with Gasteiger partial charge in [-0.2, -0.15) is 0 Å². The van der Waals surface area contributed by atoms with E-state index in [1.807, 2.05) is 49.6 Å². The molecule has 0 fully saturated rings. The molecule has 0 aliphatic rings. The number of hydrogen-bond acceptors (Lipinski definition) is 6. The predicted octanol–water partition coefficient (Wildman–Crippen LogP) is 3.04. The van der Waals surface area contributed by atoms with E-state index in [2.05, 4.69) is 20.6 Å². The Kier molecular flexibility index (Phi) is 7.42. The summed E-state index contributed by atoms with van der Waals surface area (Å²) in [5.74, 6) is -0.332. The van der Waals surface area contributed by atoms with Crippen molar-refractivity contribution in [3.63, 3.8) is 0 Å². The summed E-state index contributed by atoms with van der Waals surface area (Å²) in [5, 5.41) is 7.90. The molecule has 0 aliphatic heterocycles. The van der Waals surface area contributed by atoms with Crippen LogP contribution in [0.1, 0.15) is 21.7 Å². The molecule has 3 rings (SSSR count). The Bertz CT molecular complexity index is 1070. The minimum absolute atomic E-state index is 0.00236. The van der Waals surface area contributed by atoms with Crippen molar-refractivity contribution in [2.24, 2.45) is 0 Å². The van der Waals surface area contributed by atoms with Crippen LogP contribution in [0.2, 0.25) is 0 Å². The monoisotopic (exact) mass is 442 g/mol. The molecule has 9 heteroatoms. The fourth-order valence-electron chi connectivity index (χ4n) is 2.85. The van der Waals surface area contributed by atoms with Gasteiger partial charge >= 0.3 is 0 Å². The maximum atomic E-state index is 12.2. The summed E-state index contributed by atoms with van der Waals surface area (Å²) in [4.78, 5) is 44.2. The molecule has 2 heterocycles. The van der Waals surface area contributed by atoms with Crippen molar-refractivity contribution in [3.8, 4) is 0 Å². The van der Waals surface area contributed by atoms with Gasteiger partial charge in [-0.1, -0.05) is 23.9 Å². The highest BCUT2D eigenvalue weighted by Gasteiger charge is 2.10. The molecular formula is C21H22N4O3S2. The fraction of sp³-hybridized carbons (Fsp3) is 0.238. The van der Waals surface area contributed by atoms with Crippen LogP contribution in [0.25, 0.3) is 0 Å². The molecule has 30 heavy (non-hydrogen) atoms. The number of amides is 2. The summed E-state index contributed by atoms with van der Waals surface area (Å²) in [7, 11) is 0. The van der Waals surface area contributed by atoms with Gasteiger partial charge in [-0.05, 0) is 48.6 Å². The van der Waals surface area contributed by atoms with Crippen LogP contribution >= 0.6 is 23.1 Å². The Hall–Kier alpha value is -2.91. The van der Waals surface area contributed by atoms with E-state index in [1.54, 1.807) is 11.3 Å². The predicted molar refractivity (Wildman–Crippen MR) is 120 cm³/mol. The highest BCUT2D eigenvalue weighted by atomic mass is 32.2. The average Bonchev–Trinajstić information content (AvgIpc) is 3.17. The average molecular weight is 443 g/mol. The third kappa shape index (κ3) is 6.85. The third-order valence-corrected chi connectivity index (χ3v) is 5.75. The lowest BCUT2D eigenvalue weighted by Crippen LogP contribution is -2.25. The Morgan fingerprint density at radius 2 is 1.90 bits per heavy atom. The second-order valence-electron chi connectivity index (χ2n) is 6.79. The van der Waals surface area contributed by atoms with E-state index in [9.17, 15) is 14.4 Å². The van der Waals surface area contributed by atoms with Crippen LogP contribution in [0.15, 0.2) is 51.7 Å². The normalized spacial score (nSPS) is 10.6. The zero-order chi connectivity index (χ0) is 21.5. The number of aromatic amines is 1. The lowest BCUT2D eigenvalue weighted by atomic mass is 10.1. The molecule has 0 spiro atoms. The zero-order valence-corrected chi connectivity index (χ0v) is 18.3. The van der Waals surface area contributed by atoms with Crippen molar-refractivity contribution in [1.29, 1.82) is 0 Å². The molecule has 7 nitrogen and oxygen atoms in total. The molecule has 2 aromatic heterocycles. The third-order valence-electron chi connectivity index (χ3n) is 4.00. The molecule has 3 aromatic rings. The number of rotatable bonds is 8. The van der Waals surface area contributed by atoms with Gasteiger partial charge < -0.3 is 15.6 Å². The van der Waals surface area contributed by atoms with Gasteiger partial charge in [0.25, 0.3) is 5.56 Å². The highest BCUT2D eigenvalue weighted by molar-refractivity contribution is 7.99. The molecule has 3 N–H and O–H groups in total. The molecule has 0 radical (unpaired) electrons. The van der Waals surface area contributed by atoms with E-state index in [-0.39, 0.29) is 29.5 Å². The summed E-state index contributed by atoms with van der Waals surface area (Å²) in [5.41, 5.74) is 2.86. The van der Waals surface area contributed by atoms with Crippen LogP contribution in [0.4, 0.5) is 5.69 Å². The molecule has 156 valence electrons. The number of benzene rings is 1. The Labute approximate surface area is 182 Å². The Balaban J connectivity index is 1.54. The molecular weight excluding hydrogens is 420 g/mol. The lowest BCUT2D eigenvalue weighted by Gasteiger charge is -2.08. The topological polar surface area (TPSA) is 104 Å². The van der Waals surface area contributed by atoms with Gasteiger partial charge in [0.2, 0.25) is 11.8 Å². The molecule has 0 unspecified atom stereocenters. The maximum Gasteiger partial charge on any atom is 0.251 e. The first-order chi connectivity index (χ1) is 14.4. The number of hydrogen-bond donors (Lipinski definition) is 3. The van der Waals surface area contributed by atoms with E-state index in [4.69, 9.17) is 0 Å². The zero-order valence-electron chi connectivity index (χ0n) is 16.7. The minimum Gasteiger partial charge on any atom is -0.351 e. The largest absolute Gasteiger partial charge is 0.351 e. The van der Waals surface area contributed by atoms with Crippen molar-refractivity contribution in [3.05, 3.63) is 73.8 Å². The Morgan fingerprint density at radius 1 is 1.13 bits per heavy atom. The second kappa shape index (κ2) is 10.2. The second-order valence-corrected chi connectivity index (χ2v) is 8.78. The molecule has 0 atom stereocenters. The first kappa shape index (κ1) is 21.8. The van der Waals surface area contributed by atoms with Crippen molar-refractivity contribution < 1.29 is 9.59 Å². The van der Waals surface area contributed by atoms with Crippen LogP contribution in [0.5, 0.6) is 0 Å². The first-order valence-electron chi connectivity index (χ1n) is 9.27. The minimum atomic E-state index is -0.358. The number of anilines is 1. The number of thioether (sulfide) groups is 1. The SMILES string of the molecule is Cc1cc(C)cc(NC(=O)CSc2nc(CC(=O)NCc3cccs3)cc(=O)[nH]2)c1. The van der Waals surface area contributed by atoms with Crippen LogP contribution in [0.3, 0.4) is 0 Å². The lowest BCUT2D eigenvalue weighted by molar-refractivity contribution is -0.120. The highest BCUT2D eigenvalue weighted by Crippen LogP contribution is 2.16. The van der Waals surface area contributed by atoms with E-state index in [0.717, 1.165) is 33.5 Å². The van der Waals surface area contributed by atoms with Crippen LogP contribution in [-0.4, -0.2) is 27.5 Å². The van der Waals surface area contributed by atoms with Gasteiger partial charge in [0, 0.05) is 16.6 Å². The van der Waals surface area contributed by atoms with Crippen molar-refractivity contribution in [1.82, 2.24) is 15.3 Å². The van der Waals surface area contributed by atoms with Gasteiger partial charge in [-0.3, -0.25) is 14.4 Å². The number of carbonyl (C=O) groups excluding carboxylic acids is 2. The van der Waals surface area contributed by atoms with E-state index < -0.39 is 0 Å². The van der Waals surface area contributed by atoms with E-state index in [0.29, 0.717) is 17.4 Å². The van der Waals surface area contributed by atoms with E-state index >= 15 is 0 Å². The van der Waals surface area contributed by atoms with Gasteiger partial charge in [-0.15, -0.1) is 11.3 Å². The fourth-order valence-corrected chi connectivity index (χ4v) is 4.19. The first-order valence-corrected chi connectivity index (χ1v) is 11.1. The molecule has 0 aliphatic carbocycles. The quantitative estimate of drug-likeness (QED) is 0.367. The van der Waals surface area contributed by atoms with Crippen molar-refractivity contribution in [2.75, 3.05) is 11.1 Å². The summed E-state index contributed by atoms with van der Waals surface area (Å²) in [6, 6.07) is 11.0. The smallest absolute Gasteiger partial charge is 0.251 e. The van der Waals surface area contributed by atoms with Gasteiger partial charge in [0.1, 0.15) is 0 Å². The van der Waals surface area contributed by atoms with Crippen molar-refractivity contribution in [2.45, 2.75) is 32.0 Å². The number of nitrogens with zero attached hydrogens (tertiary/aromatic N) is 1. The summed E-state index contributed by atoms with van der Waals surface area (Å²) in [6.07, 6.45) is -0.00236. The summed E-state index contributed by atoms with van der Waals surface area (Å²) >= 11 is 2.67. The summed E-state index contributed by atoms with van der Waals surface area (Å²) < 4.78 is 0. The molecule has 1 aromatic carbocycles. The molecule has 0 bridgehead atoms. The number of thiophene rings is 1. The van der Waals surface area contributed by atoms with Crippen LogP contribution in [0, 0.1) is 13.8 Å². The van der Waals surface area contributed by atoms with Crippen LogP contribution in [-0.2, 0) is 22.6 Å². The molecule has 2 amide bonds. The van der Waals surface area contributed by atoms with Crippen molar-refractivity contribution >= 4 is 40.6 Å². The maximum absolute atomic E-state index is 12.2. The number of nitrogens with one attached hydrogen (secondary N) is 3. The standard InChI is InChI=1S/C21H22N4O3S2/c1-13-6-14(2)8-15(7-13)23-20(28)12-30-21-24-16(10-19(27)25-21)9-18(26)22-11-17-4-3-5-29-17/h3-8,10H,9,11-12H2,1-2H3,(H,22,26)(H,23,28)(H,24,25,27). The molecule has 0 saturated carbocycles. The number of carbonyl (C=O) groups is 2. The van der Waals surface area contributed by atoms with E-state index in [1.165, 1.54) is 6.07 Å². The summed E-state index contributed by atoms with van der Waals surface area (Å²) in [6.45, 7) is 4.38. The number of aryl methyl sites for hydroxylation is 2. The Morgan fingerprint density at radius 3 is 2.60 bits per heavy atom. The van der Waals surface area contributed by atoms with Gasteiger partial charge in [0.05, 0.1) is 24.4 Å².